The zero-order valence-corrected chi connectivity index (χ0v) is 15.9. The van der Waals surface area contributed by atoms with Gasteiger partial charge in [-0.2, -0.15) is 11.8 Å². The van der Waals surface area contributed by atoms with Gasteiger partial charge in [0.25, 0.3) is 0 Å². The number of nitrogens with two attached hydrogens (primary N) is 1. The monoisotopic (exact) mass is 373 g/mol. The van der Waals surface area contributed by atoms with Gasteiger partial charge in [-0.15, -0.1) is 0 Å². The van der Waals surface area contributed by atoms with E-state index in [1.807, 2.05) is 13.8 Å². The van der Waals surface area contributed by atoms with Gasteiger partial charge in [-0.25, -0.2) is 4.79 Å². The molecule has 1 saturated heterocycles. The number of likely N-dealkylation sites (tertiary alicyclic amines) is 1. The zero-order chi connectivity index (χ0) is 19.1. The number of nitrogens with zero attached hydrogens (tertiary/aromatic N) is 2. The van der Waals surface area contributed by atoms with Crippen molar-refractivity contribution >= 4 is 35.5 Å². The molecular formula is C15H27N5O4S. The van der Waals surface area contributed by atoms with Crippen LogP contribution in [0.3, 0.4) is 0 Å². The van der Waals surface area contributed by atoms with E-state index < -0.39 is 11.9 Å². The third-order valence-corrected chi connectivity index (χ3v) is 4.23. The molecule has 2 unspecified atom stereocenters. The largest absolute Gasteiger partial charge is 0.368 e. The van der Waals surface area contributed by atoms with Crippen LogP contribution in [0, 0.1) is 0 Å². The number of carbonyl (C=O) groups excluding carboxylic acids is 4. The second-order valence-electron chi connectivity index (χ2n) is 6.36. The molecule has 0 bridgehead atoms. The van der Waals surface area contributed by atoms with Gasteiger partial charge in [0, 0.05) is 19.6 Å². The van der Waals surface area contributed by atoms with E-state index >= 15 is 0 Å². The highest BCUT2D eigenvalue weighted by molar-refractivity contribution is 7.99. The summed E-state index contributed by atoms with van der Waals surface area (Å²) in [6.45, 7) is 3.72. The Balaban J connectivity index is 2.83. The van der Waals surface area contributed by atoms with Crippen molar-refractivity contribution in [2.45, 2.75) is 38.4 Å². The van der Waals surface area contributed by atoms with Gasteiger partial charge >= 0.3 is 6.03 Å². The Kier molecular flexibility index (Phi) is 8.01. The molecule has 0 saturated carbocycles. The van der Waals surface area contributed by atoms with E-state index in [-0.39, 0.29) is 48.8 Å². The summed E-state index contributed by atoms with van der Waals surface area (Å²) in [5.74, 6) is -0.913. The molecule has 4 N–H and O–H groups in total. The van der Waals surface area contributed by atoms with Gasteiger partial charge in [0.15, 0.2) is 0 Å². The van der Waals surface area contributed by atoms with Crippen molar-refractivity contribution in [3.8, 4) is 0 Å². The minimum atomic E-state index is -0.714. The predicted molar refractivity (Wildman–Crippen MR) is 95.9 cm³/mol. The number of likely N-dealkylation sites (N-methyl/N-ethyl adjacent to an activating group) is 1. The van der Waals surface area contributed by atoms with Crippen LogP contribution in [0.4, 0.5) is 4.79 Å². The number of rotatable bonds is 7. The molecule has 5 amide bonds. The summed E-state index contributed by atoms with van der Waals surface area (Å²) < 4.78 is 0. The molecule has 0 aromatic carbocycles. The third kappa shape index (κ3) is 6.45. The molecule has 0 spiro atoms. The van der Waals surface area contributed by atoms with E-state index in [2.05, 4.69) is 10.6 Å². The average molecular weight is 373 g/mol. The van der Waals surface area contributed by atoms with Crippen LogP contribution in [-0.4, -0.2) is 83.8 Å². The molecule has 2 atom stereocenters. The Labute approximate surface area is 152 Å². The summed E-state index contributed by atoms with van der Waals surface area (Å²) in [7, 11) is 1.47. The van der Waals surface area contributed by atoms with E-state index in [0.717, 1.165) is 0 Å². The van der Waals surface area contributed by atoms with Crippen LogP contribution >= 0.6 is 11.8 Å². The maximum Gasteiger partial charge on any atom is 0.315 e. The van der Waals surface area contributed by atoms with E-state index in [1.165, 1.54) is 28.6 Å². The number of primary amides is 1. The van der Waals surface area contributed by atoms with Crippen molar-refractivity contribution in [2.24, 2.45) is 5.73 Å². The predicted octanol–water partition coefficient (Wildman–Crippen LogP) is -1.03. The van der Waals surface area contributed by atoms with Gasteiger partial charge in [0.1, 0.15) is 6.04 Å². The molecule has 0 aliphatic carbocycles. The van der Waals surface area contributed by atoms with E-state index in [9.17, 15) is 19.2 Å². The van der Waals surface area contributed by atoms with Crippen molar-refractivity contribution in [1.82, 2.24) is 20.4 Å². The van der Waals surface area contributed by atoms with Crippen molar-refractivity contribution in [2.75, 3.05) is 32.1 Å². The minimum Gasteiger partial charge on any atom is -0.368 e. The average Bonchev–Trinajstić information content (AvgIpc) is 2.88. The van der Waals surface area contributed by atoms with Crippen molar-refractivity contribution in [3.05, 3.63) is 0 Å². The lowest BCUT2D eigenvalue weighted by atomic mass is 10.1. The van der Waals surface area contributed by atoms with Gasteiger partial charge < -0.3 is 26.2 Å². The first-order chi connectivity index (χ1) is 11.6. The summed E-state index contributed by atoms with van der Waals surface area (Å²) in [5.41, 5.74) is 5.13. The molecule has 1 aliphatic heterocycles. The highest BCUT2D eigenvalue weighted by atomic mass is 32.2. The van der Waals surface area contributed by atoms with Crippen LogP contribution in [0.5, 0.6) is 0 Å². The first kappa shape index (κ1) is 21.1. The molecule has 1 fully saturated rings. The number of hydrogen-bond donors (Lipinski definition) is 3. The normalized spacial score (nSPS) is 19.6. The quantitative estimate of drug-likeness (QED) is 0.526. The molecule has 10 heteroatoms. The van der Waals surface area contributed by atoms with Crippen molar-refractivity contribution in [1.29, 1.82) is 0 Å². The summed E-state index contributed by atoms with van der Waals surface area (Å²) >= 11 is 1.36. The number of amides is 5. The van der Waals surface area contributed by atoms with Gasteiger partial charge in [-0.05, 0) is 26.5 Å². The Morgan fingerprint density at radius 1 is 1.32 bits per heavy atom. The minimum absolute atomic E-state index is 0.0187. The Morgan fingerprint density at radius 2 is 1.96 bits per heavy atom. The molecule has 1 heterocycles. The fourth-order valence-electron chi connectivity index (χ4n) is 2.71. The van der Waals surface area contributed by atoms with E-state index in [0.29, 0.717) is 6.42 Å². The van der Waals surface area contributed by atoms with Gasteiger partial charge in [-0.1, -0.05) is 0 Å². The van der Waals surface area contributed by atoms with Crippen LogP contribution in [0.2, 0.25) is 0 Å². The maximum atomic E-state index is 12.6. The zero-order valence-electron chi connectivity index (χ0n) is 15.1. The second kappa shape index (κ2) is 9.50. The summed E-state index contributed by atoms with van der Waals surface area (Å²) in [4.78, 5) is 50.5. The summed E-state index contributed by atoms with van der Waals surface area (Å²) in [6, 6.07) is -1.40. The van der Waals surface area contributed by atoms with Crippen LogP contribution in [-0.2, 0) is 14.4 Å². The fourth-order valence-corrected chi connectivity index (χ4v) is 3.12. The number of carbonyl (C=O) groups is 4. The van der Waals surface area contributed by atoms with Crippen LogP contribution in [0.25, 0.3) is 0 Å². The highest BCUT2D eigenvalue weighted by Crippen LogP contribution is 2.21. The van der Waals surface area contributed by atoms with Gasteiger partial charge in [-0.3, -0.25) is 14.4 Å². The Hall–Kier alpha value is -1.97. The summed E-state index contributed by atoms with van der Waals surface area (Å²) in [5, 5.41) is 5.51. The fraction of sp³-hybridized carbons (Fsp3) is 0.733. The standard InChI is InChI=1S/C15H27N5O4S/c1-9(2)17-15(24)18-10-5-11(14(23)19(3)7-12(16)21)20(6-10)13(22)8-25-4/h9-11H,5-8H2,1-4H3,(H2,16,21)(H2,17,18,24). The van der Waals surface area contributed by atoms with Gasteiger partial charge in [0.05, 0.1) is 18.3 Å². The first-order valence-electron chi connectivity index (χ1n) is 8.04. The molecule has 0 radical (unpaired) electrons. The van der Waals surface area contributed by atoms with Crippen LogP contribution in [0.1, 0.15) is 20.3 Å². The van der Waals surface area contributed by atoms with Crippen molar-refractivity contribution < 1.29 is 19.2 Å². The third-order valence-electron chi connectivity index (χ3n) is 3.70. The molecule has 1 rings (SSSR count). The number of urea groups is 1. The molecule has 25 heavy (non-hydrogen) atoms. The lowest BCUT2D eigenvalue weighted by Gasteiger charge is -2.27. The molecule has 0 aromatic rings. The second-order valence-corrected chi connectivity index (χ2v) is 7.23. The topological polar surface area (TPSA) is 125 Å². The van der Waals surface area contributed by atoms with E-state index in [4.69, 9.17) is 5.73 Å². The number of thioether (sulfide) groups is 1. The van der Waals surface area contributed by atoms with Crippen LogP contribution < -0.4 is 16.4 Å². The van der Waals surface area contributed by atoms with Crippen molar-refractivity contribution in [3.63, 3.8) is 0 Å². The molecule has 9 nitrogen and oxygen atoms in total. The number of nitrogens with one attached hydrogen (secondary N) is 2. The molecular weight excluding hydrogens is 346 g/mol. The molecule has 142 valence electrons. The smallest absolute Gasteiger partial charge is 0.315 e. The lowest BCUT2D eigenvalue weighted by Crippen LogP contribution is -2.49. The Morgan fingerprint density at radius 3 is 2.48 bits per heavy atom. The number of hydrogen-bond acceptors (Lipinski definition) is 5. The highest BCUT2D eigenvalue weighted by Gasteiger charge is 2.41. The van der Waals surface area contributed by atoms with Crippen LogP contribution in [0.15, 0.2) is 0 Å². The molecule has 1 aliphatic rings. The van der Waals surface area contributed by atoms with E-state index in [1.54, 1.807) is 6.26 Å². The SMILES string of the molecule is CSCC(=O)N1CC(NC(=O)NC(C)C)CC1C(=O)N(C)CC(N)=O. The molecule has 0 aromatic heterocycles. The van der Waals surface area contributed by atoms with Gasteiger partial charge in [0.2, 0.25) is 17.7 Å². The lowest BCUT2D eigenvalue weighted by molar-refractivity contribution is -0.142. The first-order valence-corrected chi connectivity index (χ1v) is 9.43. The maximum absolute atomic E-state index is 12.6. The Bertz CT molecular complexity index is 528. The summed E-state index contributed by atoms with van der Waals surface area (Å²) in [6.07, 6.45) is 2.10.